The normalized spacial score (nSPS) is 11.5. The highest BCUT2D eigenvalue weighted by Gasteiger charge is 2.23. The lowest BCUT2D eigenvalue weighted by molar-refractivity contribution is -0.142. The van der Waals surface area contributed by atoms with Gasteiger partial charge in [0, 0.05) is 13.6 Å². The predicted molar refractivity (Wildman–Crippen MR) is 90.5 cm³/mol. The first kappa shape index (κ1) is 17.5. The zero-order chi connectivity index (χ0) is 17.4. The lowest BCUT2D eigenvalue weighted by Crippen LogP contribution is -2.36. The van der Waals surface area contributed by atoms with Crippen molar-refractivity contribution in [1.82, 2.24) is 4.90 Å². The van der Waals surface area contributed by atoms with Crippen LogP contribution in [-0.4, -0.2) is 35.7 Å². The zero-order valence-electron chi connectivity index (χ0n) is 13.6. The van der Waals surface area contributed by atoms with Crippen molar-refractivity contribution in [3.63, 3.8) is 0 Å². The van der Waals surface area contributed by atoms with E-state index in [1.54, 1.807) is 7.05 Å². The largest absolute Gasteiger partial charge is 0.481 e. The Kier molecular flexibility index (Phi) is 6.37. The number of carboxylic acids is 1. The van der Waals surface area contributed by atoms with Crippen molar-refractivity contribution in [1.29, 1.82) is 0 Å². The first-order valence-electron chi connectivity index (χ1n) is 7.75. The van der Waals surface area contributed by atoms with Crippen molar-refractivity contribution in [2.75, 3.05) is 13.6 Å². The van der Waals surface area contributed by atoms with Gasteiger partial charge in [-0.15, -0.1) is 0 Å². The van der Waals surface area contributed by atoms with Gasteiger partial charge in [-0.25, -0.2) is 4.79 Å². The molecule has 0 fully saturated rings. The lowest BCUT2D eigenvalue weighted by atomic mass is 9.99. The van der Waals surface area contributed by atoms with E-state index in [0.717, 1.165) is 11.1 Å². The number of hydrogen-bond acceptors (Lipinski definition) is 3. The molecule has 126 valence electrons. The summed E-state index contributed by atoms with van der Waals surface area (Å²) < 4.78 is 5.21. The van der Waals surface area contributed by atoms with E-state index in [1.807, 2.05) is 60.7 Å². The van der Waals surface area contributed by atoms with E-state index in [0.29, 0.717) is 6.42 Å². The maximum absolute atomic E-state index is 12.0. The SMILES string of the molecule is CN(CC(Cc1ccccc1)C(=O)O)C(=O)OCc1ccccc1. The van der Waals surface area contributed by atoms with Gasteiger partial charge in [0.1, 0.15) is 6.61 Å². The second-order valence-electron chi connectivity index (χ2n) is 5.65. The van der Waals surface area contributed by atoms with Gasteiger partial charge in [-0.2, -0.15) is 0 Å². The molecule has 5 heteroatoms. The van der Waals surface area contributed by atoms with Crippen LogP contribution in [0, 0.1) is 5.92 Å². The lowest BCUT2D eigenvalue weighted by Gasteiger charge is -2.21. The Morgan fingerprint density at radius 3 is 2.08 bits per heavy atom. The molecule has 0 bridgehead atoms. The average Bonchev–Trinajstić information content (AvgIpc) is 2.60. The Labute approximate surface area is 141 Å². The van der Waals surface area contributed by atoms with Gasteiger partial charge in [-0.1, -0.05) is 60.7 Å². The van der Waals surface area contributed by atoms with Crippen molar-refractivity contribution in [2.24, 2.45) is 5.92 Å². The third-order valence-corrected chi connectivity index (χ3v) is 3.69. The molecule has 0 saturated heterocycles. The Morgan fingerprint density at radius 1 is 1.00 bits per heavy atom. The fraction of sp³-hybridized carbons (Fsp3) is 0.263. The molecule has 1 N–H and O–H groups in total. The molecule has 0 aliphatic heterocycles. The molecule has 2 aromatic rings. The molecule has 0 aromatic heterocycles. The maximum Gasteiger partial charge on any atom is 0.409 e. The fourth-order valence-corrected chi connectivity index (χ4v) is 2.36. The molecule has 0 saturated carbocycles. The molecular weight excluding hydrogens is 306 g/mol. The highest BCUT2D eigenvalue weighted by atomic mass is 16.6. The molecule has 0 radical (unpaired) electrons. The van der Waals surface area contributed by atoms with E-state index < -0.39 is 18.0 Å². The minimum atomic E-state index is -0.929. The number of benzene rings is 2. The Bertz CT molecular complexity index is 658. The minimum Gasteiger partial charge on any atom is -0.481 e. The van der Waals surface area contributed by atoms with Gasteiger partial charge in [-0.3, -0.25) is 4.79 Å². The summed E-state index contributed by atoms with van der Waals surface area (Å²) >= 11 is 0. The van der Waals surface area contributed by atoms with Crippen LogP contribution < -0.4 is 0 Å². The fourth-order valence-electron chi connectivity index (χ4n) is 2.36. The van der Waals surface area contributed by atoms with Gasteiger partial charge in [0.05, 0.1) is 5.92 Å². The van der Waals surface area contributed by atoms with E-state index >= 15 is 0 Å². The van der Waals surface area contributed by atoms with Crippen LogP contribution in [-0.2, 0) is 22.6 Å². The summed E-state index contributed by atoms with van der Waals surface area (Å²) in [6.07, 6.45) is -0.162. The van der Waals surface area contributed by atoms with E-state index in [1.165, 1.54) is 4.90 Å². The van der Waals surface area contributed by atoms with E-state index in [9.17, 15) is 14.7 Å². The van der Waals surface area contributed by atoms with Gasteiger partial charge < -0.3 is 14.7 Å². The molecule has 2 aromatic carbocycles. The summed E-state index contributed by atoms with van der Waals surface area (Å²) in [4.78, 5) is 24.8. The minimum absolute atomic E-state index is 0.0951. The van der Waals surface area contributed by atoms with Crippen LogP contribution in [0.1, 0.15) is 11.1 Å². The molecule has 0 aliphatic rings. The van der Waals surface area contributed by atoms with Crippen LogP contribution in [0.15, 0.2) is 60.7 Å². The number of hydrogen-bond donors (Lipinski definition) is 1. The van der Waals surface area contributed by atoms with Gasteiger partial charge >= 0.3 is 12.1 Å². The molecule has 24 heavy (non-hydrogen) atoms. The number of rotatable bonds is 7. The summed E-state index contributed by atoms with van der Waals surface area (Å²) in [6.45, 7) is 0.262. The highest BCUT2D eigenvalue weighted by molar-refractivity contribution is 5.73. The molecule has 1 atom stereocenters. The van der Waals surface area contributed by atoms with E-state index in [2.05, 4.69) is 0 Å². The average molecular weight is 327 g/mol. The van der Waals surface area contributed by atoms with Crippen LogP contribution in [0.2, 0.25) is 0 Å². The molecule has 2 rings (SSSR count). The zero-order valence-corrected chi connectivity index (χ0v) is 13.6. The van der Waals surface area contributed by atoms with Crippen LogP contribution in [0.5, 0.6) is 0 Å². The number of ether oxygens (including phenoxy) is 1. The van der Waals surface area contributed by atoms with E-state index in [-0.39, 0.29) is 13.2 Å². The summed E-state index contributed by atoms with van der Waals surface area (Å²) in [5.41, 5.74) is 1.81. The molecule has 0 heterocycles. The summed E-state index contributed by atoms with van der Waals surface area (Å²) in [7, 11) is 1.55. The van der Waals surface area contributed by atoms with Gasteiger partial charge in [0.25, 0.3) is 0 Å². The van der Waals surface area contributed by atoms with Crippen molar-refractivity contribution in [2.45, 2.75) is 13.0 Å². The van der Waals surface area contributed by atoms with Crippen LogP contribution in [0.4, 0.5) is 4.79 Å². The summed E-state index contributed by atoms with van der Waals surface area (Å²) in [5, 5.41) is 9.39. The highest BCUT2D eigenvalue weighted by Crippen LogP contribution is 2.11. The van der Waals surface area contributed by atoms with Crippen LogP contribution in [0.25, 0.3) is 0 Å². The topological polar surface area (TPSA) is 66.8 Å². The first-order valence-corrected chi connectivity index (χ1v) is 7.75. The van der Waals surface area contributed by atoms with Crippen molar-refractivity contribution >= 4 is 12.1 Å². The molecule has 0 aliphatic carbocycles. The van der Waals surface area contributed by atoms with Crippen LogP contribution >= 0.6 is 0 Å². The molecular formula is C19H21NO4. The molecule has 1 amide bonds. The number of aliphatic carboxylic acids is 1. The summed E-state index contributed by atoms with van der Waals surface area (Å²) in [6, 6.07) is 18.7. The third kappa shape index (κ3) is 5.43. The number of carbonyl (C=O) groups excluding carboxylic acids is 1. The van der Waals surface area contributed by atoms with Gasteiger partial charge in [-0.05, 0) is 17.5 Å². The van der Waals surface area contributed by atoms with E-state index in [4.69, 9.17) is 4.74 Å². The van der Waals surface area contributed by atoms with Crippen molar-refractivity contribution in [3.8, 4) is 0 Å². The number of carboxylic acid groups (broad SMARTS) is 1. The third-order valence-electron chi connectivity index (χ3n) is 3.69. The Hall–Kier alpha value is -2.82. The molecule has 1 unspecified atom stereocenters. The summed E-state index contributed by atoms with van der Waals surface area (Å²) in [5.74, 6) is -1.61. The monoisotopic (exact) mass is 327 g/mol. The van der Waals surface area contributed by atoms with Gasteiger partial charge in [0.15, 0.2) is 0 Å². The smallest absolute Gasteiger partial charge is 0.409 e. The van der Waals surface area contributed by atoms with Crippen molar-refractivity contribution in [3.05, 3.63) is 71.8 Å². The number of nitrogens with zero attached hydrogens (tertiary/aromatic N) is 1. The Morgan fingerprint density at radius 2 is 1.54 bits per heavy atom. The quantitative estimate of drug-likeness (QED) is 0.848. The molecule has 5 nitrogen and oxygen atoms in total. The maximum atomic E-state index is 12.0. The Balaban J connectivity index is 1.88. The number of amides is 1. The molecule has 0 spiro atoms. The second kappa shape index (κ2) is 8.72. The van der Waals surface area contributed by atoms with Gasteiger partial charge in [0.2, 0.25) is 0 Å². The standard InChI is InChI=1S/C19H21NO4/c1-20(19(23)24-14-16-10-6-3-7-11-16)13-17(18(21)22)12-15-8-4-2-5-9-15/h2-11,17H,12-14H2,1H3,(H,21,22). The first-order chi connectivity index (χ1) is 11.6. The predicted octanol–water partition coefficient (Wildman–Crippen LogP) is 3.20. The van der Waals surface area contributed by atoms with Crippen LogP contribution in [0.3, 0.4) is 0 Å². The van der Waals surface area contributed by atoms with Crippen molar-refractivity contribution < 1.29 is 19.4 Å². The number of carbonyl (C=O) groups is 2. The second-order valence-corrected chi connectivity index (χ2v) is 5.65.